The molecule has 0 spiro atoms. The lowest BCUT2D eigenvalue weighted by atomic mass is 10.5. The molecule has 0 atom stereocenters. The zero-order valence-electron chi connectivity index (χ0n) is 6.95. The number of nitrogens with one attached hydrogen (secondary N) is 1. The van der Waals surface area contributed by atoms with E-state index in [-0.39, 0.29) is 5.75 Å². The Hall–Kier alpha value is -0.820. The van der Waals surface area contributed by atoms with Gasteiger partial charge in [-0.2, -0.15) is 0 Å². The van der Waals surface area contributed by atoms with Gasteiger partial charge in [0, 0.05) is 13.6 Å². The average molecular weight is 194 g/mol. The Morgan fingerprint density at radius 3 is 2.58 bits per heavy atom. The molecule has 0 aromatic rings. The lowest BCUT2D eigenvalue weighted by Gasteiger charge is -2.02. The highest BCUT2D eigenvalue weighted by atomic mass is 32.2. The maximum atomic E-state index is 10.4. The number of sulfonamides is 1. The normalized spacial score (nSPS) is 13.0. The van der Waals surface area contributed by atoms with E-state index in [2.05, 4.69) is 10.3 Å². The average Bonchev–Trinajstić information content (AvgIpc) is 1.96. The molecule has 0 aliphatic heterocycles. The minimum atomic E-state index is -3.35. The zero-order chi connectivity index (χ0) is 9.61. The van der Waals surface area contributed by atoms with Crippen LogP contribution >= 0.6 is 0 Å². The van der Waals surface area contributed by atoms with Gasteiger partial charge >= 0.3 is 0 Å². The molecule has 0 rings (SSSR count). The van der Waals surface area contributed by atoms with Crippen molar-refractivity contribution in [3.63, 3.8) is 0 Å². The number of guanidine groups is 1. The molecular weight excluding hydrogens is 180 g/mol. The fraction of sp³-hybridized carbons (Fsp3) is 0.800. The van der Waals surface area contributed by atoms with Crippen molar-refractivity contribution in [3.8, 4) is 0 Å². The van der Waals surface area contributed by atoms with Crippen molar-refractivity contribution >= 4 is 16.0 Å². The first-order valence-corrected chi connectivity index (χ1v) is 5.14. The van der Waals surface area contributed by atoms with Crippen LogP contribution in [0.5, 0.6) is 0 Å². The van der Waals surface area contributed by atoms with Crippen molar-refractivity contribution in [2.45, 2.75) is 6.42 Å². The summed E-state index contributed by atoms with van der Waals surface area (Å²) in [5, 5.41) is 7.48. The number of rotatable bonds is 4. The van der Waals surface area contributed by atoms with E-state index < -0.39 is 10.0 Å². The van der Waals surface area contributed by atoms with Gasteiger partial charge in [-0.15, -0.1) is 0 Å². The topological polar surface area (TPSA) is 111 Å². The highest BCUT2D eigenvalue weighted by Crippen LogP contribution is 1.82. The van der Waals surface area contributed by atoms with Crippen molar-refractivity contribution in [2.75, 3.05) is 19.3 Å². The molecule has 0 saturated heterocycles. The predicted octanol–water partition coefficient (Wildman–Crippen LogP) is -1.80. The molecule has 0 heterocycles. The van der Waals surface area contributed by atoms with Crippen molar-refractivity contribution < 1.29 is 8.42 Å². The van der Waals surface area contributed by atoms with Crippen LogP contribution in [0.25, 0.3) is 0 Å². The van der Waals surface area contributed by atoms with Gasteiger partial charge in [0.15, 0.2) is 5.96 Å². The Labute approximate surface area is 72.1 Å². The van der Waals surface area contributed by atoms with E-state index in [1.807, 2.05) is 0 Å². The van der Waals surface area contributed by atoms with Gasteiger partial charge in [0.05, 0.1) is 5.75 Å². The van der Waals surface area contributed by atoms with E-state index in [9.17, 15) is 8.42 Å². The van der Waals surface area contributed by atoms with E-state index in [0.29, 0.717) is 18.9 Å². The minimum Gasteiger partial charge on any atom is -0.370 e. The molecule has 0 radical (unpaired) electrons. The number of nitrogens with two attached hydrogens (primary N) is 2. The molecule has 0 aliphatic rings. The van der Waals surface area contributed by atoms with Crippen LogP contribution in [0.4, 0.5) is 0 Å². The van der Waals surface area contributed by atoms with Crippen LogP contribution in [0.3, 0.4) is 0 Å². The quantitative estimate of drug-likeness (QED) is 0.278. The number of hydrogen-bond donors (Lipinski definition) is 3. The van der Waals surface area contributed by atoms with Gasteiger partial charge in [-0.1, -0.05) is 0 Å². The fourth-order valence-corrected chi connectivity index (χ4v) is 1.12. The van der Waals surface area contributed by atoms with E-state index in [4.69, 9.17) is 10.9 Å². The molecule has 0 aromatic heterocycles. The first kappa shape index (κ1) is 11.2. The van der Waals surface area contributed by atoms with Gasteiger partial charge in [-0.3, -0.25) is 4.99 Å². The summed E-state index contributed by atoms with van der Waals surface area (Å²) < 4.78 is 20.9. The third-order valence-electron chi connectivity index (χ3n) is 1.15. The summed E-state index contributed by atoms with van der Waals surface area (Å²) in [4.78, 5) is 3.63. The van der Waals surface area contributed by atoms with Gasteiger partial charge in [-0.25, -0.2) is 13.6 Å². The highest BCUT2D eigenvalue weighted by Gasteiger charge is 2.00. The molecule has 0 saturated carbocycles. The van der Waals surface area contributed by atoms with Crippen LogP contribution in [0.2, 0.25) is 0 Å². The molecule has 6 nitrogen and oxygen atoms in total. The molecule has 0 amide bonds. The molecule has 0 fully saturated rings. The number of aliphatic imine (C=N–C) groups is 1. The molecular formula is C5H14N4O2S. The standard InChI is InChI=1S/C5H14N4O2S/c1-8-5(6)9-3-2-4-12(7,10)11/h2-4H2,1H3,(H3,6,8,9)(H2,7,10,11). The summed E-state index contributed by atoms with van der Waals surface area (Å²) in [5.74, 6) is 0.251. The van der Waals surface area contributed by atoms with Crippen molar-refractivity contribution in [1.29, 1.82) is 0 Å². The van der Waals surface area contributed by atoms with E-state index in [1.54, 1.807) is 7.05 Å². The Balaban J connectivity index is 3.47. The van der Waals surface area contributed by atoms with Gasteiger partial charge in [0.2, 0.25) is 10.0 Å². The van der Waals surface area contributed by atoms with Crippen LogP contribution in [0.1, 0.15) is 6.42 Å². The second-order valence-electron chi connectivity index (χ2n) is 2.26. The predicted molar refractivity (Wildman–Crippen MR) is 48.1 cm³/mol. The second-order valence-corrected chi connectivity index (χ2v) is 3.99. The van der Waals surface area contributed by atoms with Gasteiger partial charge < -0.3 is 11.1 Å². The molecule has 0 bridgehead atoms. The third-order valence-corrected chi connectivity index (χ3v) is 2.01. The van der Waals surface area contributed by atoms with Gasteiger partial charge in [-0.05, 0) is 6.42 Å². The maximum absolute atomic E-state index is 10.4. The monoisotopic (exact) mass is 194 g/mol. The highest BCUT2D eigenvalue weighted by molar-refractivity contribution is 7.89. The van der Waals surface area contributed by atoms with Crippen LogP contribution in [0.15, 0.2) is 4.99 Å². The summed E-state index contributed by atoms with van der Waals surface area (Å²) in [6.45, 7) is 0.458. The largest absolute Gasteiger partial charge is 0.370 e. The molecule has 0 aromatic carbocycles. The molecule has 0 aliphatic carbocycles. The molecule has 7 heteroatoms. The van der Waals surface area contributed by atoms with Crippen molar-refractivity contribution in [1.82, 2.24) is 5.32 Å². The smallest absolute Gasteiger partial charge is 0.209 e. The van der Waals surface area contributed by atoms with Crippen LogP contribution in [0, 0.1) is 0 Å². The SMILES string of the molecule is CN=C(N)NCCCS(N)(=O)=O. The number of hydrogen-bond acceptors (Lipinski definition) is 3. The summed E-state index contributed by atoms with van der Waals surface area (Å²) in [6.07, 6.45) is 0.426. The lowest BCUT2D eigenvalue weighted by molar-refractivity contribution is 0.594. The Kier molecular flexibility index (Phi) is 4.60. The van der Waals surface area contributed by atoms with E-state index >= 15 is 0 Å². The first-order chi connectivity index (χ1) is 5.45. The van der Waals surface area contributed by atoms with Crippen molar-refractivity contribution in [2.24, 2.45) is 15.9 Å². The Morgan fingerprint density at radius 2 is 2.17 bits per heavy atom. The Bertz CT molecular complexity index is 246. The molecule has 0 unspecified atom stereocenters. The fourth-order valence-electron chi connectivity index (χ4n) is 0.569. The maximum Gasteiger partial charge on any atom is 0.209 e. The summed E-state index contributed by atoms with van der Waals surface area (Å²) in [5.41, 5.74) is 5.28. The lowest BCUT2D eigenvalue weighted by Crippen LogP contribution is -2.33. The molecule has 12 heavy (non-hydrogen) atoms. The molecule has 5 N–H and O–H groups in total. The van der Waals surface area contributed by atoms with Gasteiger partial charge in [0.1, 0.15) is 0 Å². The summed E-state index contributed by atoms with van der Waals surface area (Å²) >= 11 is 0. The number of primary sulfonamides is 1. The third kappa shape index (κ3) is 7.29. The summed E-state index contributed by atoms with van der Waals surface area (Å²) in [7, 11) is -1.81. The first-order valence-electron chi connectivity index (χ1n) is 3.42. The minimum absolute atomic E-state index is 0.0446. The van der Waals surface area contributed by atoms with Crippen LogP contribution in [-0.2, 0) is 10.0 Å². The number of nitrogens with zero attached hydrogens (tertiary/aromatic N) is 1. The van der Waals surface area contributed by atoms with Crippen LogP contribution < -0.4 is 16.2 Å². The van der Waals surface area contributed by atoms with E-state index in [1.165, 1.54) is 0 Å². The van der Waals surface area contributed by atoms with Crippen molar-refractivity contribution in [3.05, 3.63) is 0 Å². The second kappa shape index (κ2) is 4.94. The zero-order valence-corrected chi connectivity index (χ0v) is 7.76. The van der Waals surface area contributed by atoms with E-state index in [0.717, 1.165) is 0 Å². The van der Waals surface area contributed by atoms with Gasteiger partial charge in [0.25, 0.3) is 0 Å². The molecule has 72 valence electrons. The summed E-state index contributed by atoms with van der Waals surface area (Å²) in [6, 6.07) is 0. The Morgan fingerprint density at radius 1 is 1.58 bits per heavy atom. The van der Waals surface area contributed by atoms with Crippen LogP contribution in [-0.4, -0.2) is 33.7 Å².